The molecule has 27 heteroatoms. The summed E-state index contributed by atoms with van der Waals surface area (Å²) in [4.78, 5) is 60.5. The van der Waals surface area contributed by atoms with Crippen LogP contribution in [0.25, 0.3) is 0 Å². The fourth-order valence-electron chi connectivity index (χ4n) is 9.36. The predicted molar refractivity (Wildman–Crippen MR) is 304 cm³/mol. The maximum absolute atomic E-state index is 14.7. The van der Waals surface area contributed by atoms with E-state index in [1.807, 2.05) is 59.5 Å². The summed E-state index contributed by atoms with van der Waals surface area (Å²) in [6, 6.07) is 15.8. The Kier molecular flexibility index (Phi) is 21.4. The summed E-state index contributed by atoms with van der Waals surface area (Å²) in [6.07, 6.45) is 15.8. The number of hydrogen-bond donors (Lipinski definition) is 5. The second-order valence-electron chi connectivity index (χ2n) is 18.8. The molecule has 0 aromatic heterocycles. The van der Waals surface area contributed by atoms with Crippen LogP contribution in [0.5, 0.6) is 0 Å². The number of allylic oxidation sites excluding steroid dienone is 6. The average Bonchev–Trinajstić information content (AvgIpc) is 4.11. The minimum absolute atomic E-state index is 0.0150. The van der Waals surface area contributed by atoms with E-state index in [0.717, 1.165) is 55.5 Å². The molecule has 3 saturated heterocycles. The van der Waals surface area contributed by atoms with E-state index in [-0.39, 0.29) is 65.1 Å². The van der Waals surface area contributed by atoms with Crippen LogP contribution in [-0.2, 0) is 54.6 Å². The molecule has 4 aliphatic heterocycles. The van der Waals surface area contributed by atoms with Crippen molar-refractivity contribution in [2.45, 2.75) is 105 Å². The van der Waals surface area contributed by atoms with Crippen LogP contribution in [-0.4, -0.2) is 131 Å². The molecule has 77 heavy (non-hydrogen) atoms. The minimum atomic E-state index is -4.89. The molecule has 2 aromatic carbocycles. The summed E-state index contributed by atoms with van der Waals surface area (Å²) in [7, 11) is -13.3. The first-order chi connectivity index (χ1) is 36.5. The van der Waals surface area contributed by atoms with Crippen LogP contribution in [0.15, 0.2) is 104 Å². The lowest BCUT2D eigenvalue weighted by atomic mass is 9.95. The van der Waals surface area contributed by atoms with E-state index in [2.05, 4.69) is 61.8 Å². The smallest absolute Gasteiger partial charge is 0.333 e. The number of carbonyl (C=O) groups excluding carboxylic acids is 4. The lowest BCUT2D eigenvalue weighted by Crippen LogP contribution is -2.39. The van der Waals surface area contributed by atoms with Crippen molar-refractivity contribution in [1.29, 1.82) is 0 Å². The molecule has 0 spiro atoms. The monoisotopic (exact) mass is 1260 g/mol. The van der Waals surface area contributed by atoms with E-state index in [4.69, 9.17) is 21.0 Å². The average molecular weight is 1260 g/mol. The van der Waals surface area contributed by atoms with Crippen LogP contribution in [0.4, 0.5) is 5.69 Å². The molecule has 6 atom stereocenters. The standard InChI is InChI=1S/C50H59BrClN5O14S6/c1-2-3-26-56-45(74-49(33-12-17-35(52)18-13-33)47(56)32-14-19-36(20-15-32)53-24-8-5-9-28-75(62,63)64)30-40-37(10-6-4-7-11-46(59)71-57-43(58)31-42(50(57)61)76(65,66)67)48(60)39(72-40)22-23-44-55(27-25-54-77(68,69)70)38-21-16-34(51)29-41(38)73-44/h12-23,29-30,37-38,41-42,47,49,53-54H,2-11,24-28,31H2,1H3,(H2-,62,63,64,65,66,67,68,69,70)/p+1. The van der Waals surface area contributed by atoms with E-state index in [0.29, 0.717) is 55.1 Å². The number of fused-ring (bicyclic) bond motifs is 1. The van der Waals surface area contributed by atoms with Gasteiger partial charge in [0.15, 0.2) is 17.1 Å². The Morgan fingerprint density at radius 3 is 2.29 bits per heavy atom. The number of unbranched alkanes of at least 4 members (excludes halogenated alkanes) is 5. The number of Topliss-reactive ketones (excluding diaryl/α,β-unsaturated/α-hetero) is 1. The van der Waals surface area contributed by atoms with Crippen molar-refractivity contribution in [2.24, 2.45) is 5.92 Å². The molecule has 0 saturated carbocycles. The minimum Gasteiger partial charge on any atom is -0.385 e. The molecule has 2 aromatic rings. The Labute approximate surface area is 475 Å². The van der Waals surface area contributed by atoms with Gasteiger partial charge in [0.05, 0.1) is 39.3 Å². The van der Waals surface area contributed by atoms with Crippen LogP contribution in [0.1, 0.15) is 100.0 Å². The number of carbonyl (C=O) groups is 4. The molecule has 2 amide bonds. The molecule has 418 valence electrons. The van der Waals surface area contributed by atoms with Crippen LogP contribution in [0.3, 0.4) is 0 Å². The zero-order valence-corrected chi connectivity index (χ0v) is 49.0. The largest absolute Gasteiger partial charge is 0.385 e. The van der Waals surface area contributed by atoms with Crippen LogP contribution in [0.2, 0.25) is 5.02 Å². The summed E-state index contributed by atoms with van der Waals surface area (Å²) in [5.74, 6) is -4.30. The highest BCUT2D eigenvalue weighted by atomic mass is 79.9. The number of benzene rings is 2. The van der Waals surface area contributed by atoms with E-state index < -0.39 is 65.9 Å². The highest BCUT2D eigenvalue weighted by Crippen LogP contribution is 2.52. The second kappa shape index (κ2) is 27.1. The molecule has 0 radical (unpaired) electrons. The number of imide groups is 1. The van der Waals surface area contributed by atoms with Gasteiger partial charge in [0.1, 0.15) is 11.8 Å². The lowest BCUT2D eigenvalue weighted by Gasteiger charge is -2.27. The molecule has 0 bridgehead atoms. The molecular weight excluding hydrogens is 1200 g/mol. The normalized spacial score (nSPS) is 24.5. The summed E-state index contributed by atoms with van der Waals surface area (Å²) in [6.45, 7) is 3.63. The Bertz CT molecular complexity index is 3100. The number of nitrogens with zero attached hydrogens (tertiary/aromatic N) is 3. The van der Waals surface area contributed by atoms with Gasteiger partial charge in [0.25, 0.3) is 32.1 Å². The van der Waals surface area contributed by atoms with Gasteiger partial charge in [-0.1, -0.05) is 126 Å². The third-order valence-electron chi connectivity index (χ3n) is 13.2. The molecule has 3 fully saturated rings. The van der Waals surface area contributed by atoms with Gasteiger partial charge in [0, 0.05) is 64.2 Å². The quantitative estimate of drug-likeness (QED) is 0.0194. The predicted octanol–water partition coefficient (Wildman–Crippen LogP) is 8.54. The van der Waals surface area contributed by atoms with Crippen molar-refractivity contribution >= 4 is 128 Å². The van der Waals surface area contributed by atoms with Crippen molar-refractivity contribution in [3.8, 4) is 0 Å². The van der Waals surface area contributed by atoms with Gasteiger partial charge >= 0.3 is 16.3 Å². The van der Waals surface area contributed by atoms with Gasteiger partial charge in [-0.2, -0.15) is 30.0 Å². The van der Waals surface area contributed by atoms with Gasteiger partial charge in [-0.05, 0) is 79.4 Å². The Balaban J connectivity index is 1.16. The van der Waals surface area contributed by atoms with E-state index in [1.54, 1.807) is 29.6 Å². The second-order valence-corrected chi connectivity index (χ2v) is 28.0. The van der Waals surface area contributed by atoms with Crippen LogP contribution < -0.4 is 10.0 Å². The van der Waals surface area contributed by atoms with Crippen molar-refractivity contribution in [3.05, 3.63) is 120 Å². The maximum Gasteiger partial charge on any atom is 0.333 e. The third-order valence-corrected chi connectivity index (χ3v) is 20.3. The van der Waals surface area contributed by atoms with Gasteiger partial charge in [-0.3, -0.25) is 28.0 Å². The topological polar surface area (TPSA) is 274 Å². The number of amides is 2. The van der Waals surface area contributed by atoms with Gasteiger partial charge in [-0.25, -0.2) is 9.37 Å². The highest BCUT2D eigenvalue weighted by molar-refractivity contribution is 9.11. The fraction of sp³-hybridized carbons (Fsp3) is 0.460. The fourth-order valence-corrected chi connectivity index (χ4v) is 15.9. The van der Waals surface area contributed by atoms with Crippen molar-refractivity contribution in [3.63, 3.8) is 0 Å². The number of hydrogen-bond acceptors (Lipinski definition) is 16. The molecule has 5 N–H and O–H groups in total. The van der Waals surface area contributed by atoms with E-state index in [9.17, 15) is 53.5 Å². The van der Waals surface area contributed by atoms with Crippen molar-refractivity contribution in [2.75, 3.05) is 37.2 Å². The summed E-state index contributed by atoms with van der Waals surface area (Å²) < 4.78 is 102. The van der Waals surface area contributed by atoms with Gasteiger partial charge in [0.2, 0.25) is 5.04 Å². The number of halogens is 2. The Morgan fingerprint density at radius 1 is 0.896 bits per heavy atom. The zero-order valence-electron chi connectivity index (χ0n) is 41.7. The first-order valence-electron chi connectivity index (χ1n) is 24.9. The summed E-state index contributed by atoms with van der Waals surface area (Å²) >= 11 is 14.6. The number of nitrogens with one attached hydrogen (secondary N) is 2. The Hall–Kier alpha value is -3.80. The molecule has 4 heterocycles. The van der Waals surface area contributed by atoms with Gasteiger partial charge < -0.3 is 15.1 Å². The molecular formula is C50H60BrClN5O14S6+. The summed E-state index contributed by atoms with van der Waals surface area (Å²) in [5, 5.41) is 3.71. The van der Waals surface area contributed by atoms with Crippen LogP contribution >= 0.6 is 62.8 Å². The molecule has 1 aliphatic carbocycles. The summed E-state index contributed by atoms with van der Waals surface area (Å²) in [5.41, 5.74) is 3.03. The van der Waals surface area contributed by atoms with E-state index >= 15 is 0 Å². The van der Waals surface area contributed by atoms with Crippen molar-refractivity contribution in [1.82, 2.24) is 14.7 Å². The first-order valence-corrected chi connectivity index (χ1v) is 33.2. The lowest BCUT2D eigenvalue weighted by molar-refractivity contribution is -0.567. The maximum atomic E-state index is 14.7. The molecule has 7 rings (SSSR count). The molecule has 6 unspecified atom stereocenters. The number of rotatable bonds is 26. The van der Waals surface area contributed by atoms with Crippen molar-refractivity contribution < 1.29 is 67.5 Å². The Morgan fingerprint density at radius 2 is 1.61 bits per heavy atom. The van der Waals surface area contributed by atoms with Crippen LogP contribution in [0, 0.1) is 5.92 Å². The number of thioether (sulfide) groups is 3. The molecule has 19 nitrogen and oxygen atoms in total. The SMILES string of the molecule is CCCC[N+]1=C(C=C2SC(=CC=C3SC4C=C(Br)C=CC4N3CCNS(=O)(=O)O)C(=O)C2CCCCCC(=O)ON2C(=O)CC(S(=O)(=O)O)C2=O)SC(c2ccc(Cl)cc2)C1c1ccc(NCCCCCS(=O)(=O)O)cc1. The zero-order chi connectivity index (χ0) is 55.7. The van der Waals surface area contributed by atoms with Gasteiger partial charge in [-0.15, -0.1) is 5.06 Å². The highest BCUT2D eigenvalue weighted by Gasteiger charge is 2.49. The number of hydroxylamine groups is 2. The number of ketones is 1. The third kappa shape index (κ3) is 16.9. The number of anilines is 1. The van der Waals surface area contributed by atoms with E-state index in [1.165, 1.54) is 11.8 Å². The molecule has 5 aliphatic rings. The first kappa shape index (κ1) is 60.8.